The average molecular weight is 221 g/mol. The summed E-state index contributed by atoms with van der Waals surface area (Å²) in [4.78, 5) is 24.5. The van der Waals surface area contributed by atoms with Gasteiger partial charge in [0, 0.05) is 0 Å². The Morgan fingerprint density at radius 1 is 1.12 bits per heavy atom. The van der Waals surface area contributed by atoms with Gasteiger partial charge in [-0.3, -0.25) is 14.5 Å². The first kappa shape index (κ1) is 10.8. The number of rotatable bonds is 3. The molecule has 0 saturated carbocycles. The number of carbonyl (C=O) groups excluding carboxylic acids is 2. The van der Waals surface area contributed by atoms with Crippen LogP contribution in [0.4, 0.5) is 0 Å². The van der Waals surface area contributed by atoms with E-state index in [-0.39, 0.29) is 6.54 Å². The van der Waals surface area contributed by atoms with Crippen molar-refractivity contribution < 1.29 is 19.8 Å². The van der Waals surface area contributed by atoms with Gasteiger partial charge in [0.25, 0.3) is 11.8 Å². The molecule has 0 saturated heterocycles. The largest absolute Gasteiger partial charge is 0.394 e. The summed E-state index contributed by atoms with van der Waals surface area (Å²) in [5.74, 6) is -0.846. The molecule has 0 spiro atoms. The summed E-state index contributed by atoms with van der Waals surface area (Å²) in [6.45, 7) is -0.656. The number of fused-ring (bicyclic) bond motifs is 1. The number of nitrogens with zero attached hydrogens (tertiary/aromatic N) is 1. The molecule has 1 atom stereocenters. The van der Waals surface area contributed by atoms with Crippen LogP contribution in [0.2, 0.25) is 0 Å². The molecule has 84 valence electrons. The third kappa shape index (κ3) is 1.60. The van der Waals surface area contributed by atoms with Gasteiger partial charge in [-0.1, -0.05) is 12.1 Å². The summed E-state index contributed by atoms with van der Waals surface area (Å²) in [5, 5.41) is 17.9. The van der Waals surface area contributed by atoms with E-state index in [9.17, 15) is 14.7 Å². The van der Waals surface area contributed by atoms with Crippen LogP contribution in [0.15, 0.2) is 24.3 Å². The second-order valence-electron chi connectivity index (χ2n) is 3.60. The summed E-state index contributed by atoms with van der Waals surface area (Å²) in [5.41, 5.74) is 0.690. The van der Waals surface area contributed by atoms with Crippen LogP contribution in [-0.2, 0) is 0 Å². The van der Waals surface area contributed by atoms with E-state index >= 15 is 0 Å². The third-order valence-corrected chi connectivity index (χ3v) is 2.48. The highest BCUT2D eigenvalue weighted by molar-refractivity contribution is 6.21. The maximum Gasteiger partial charge on any atom is 0.261 e. The van der Waals surface area contributed by atoms with Crippen LogP contribution in [0.3, 0.4) is 0 Å². The zero-order chi connectivity index (χ0) is 11.7. The third-order valence-electron chi connectivity index (χ3n) is 2.48. The van der Waals surface area contributed by atoms with Gasteiger partial charge in [0.15, 0.2) is 0 Å². The smallest absolute Gasteiger partial charge is 0.261 e. The maximum atomic E-state index is 11.8. The molecule has 16 heavy (non-hydrogen) atoms. The molecular weight excluding hydrogens is 210 g/mol. The minimum absolute atomic E-state index is 0.178. The Hall–Kier alpha value is -1.72. The first-order chi connectivity index (χ1) is 7.65. The molecular formula is C11H11NO4. The second-order valence-corrected chi connectivity index (χ2v) is 3.60. The summed E-state index contributed by atoms with van der Waals surface area (Å²) in [7, 11) is 0. The first-order valence-electron chi connectivity index (χ1n) is 4.89. The highest BCUT2D eigenvalue weighted by Crippen LogP contribution is 2.22. The van der Waals surface area contributed by atoms with Crippen LogP contribution in [-0.4, -0.2) is 46.2 Å². The molecule has 0 aliphatic carbocycles. The Bertz CT molecular complexity index is 408. The predicted octanol–water partition coefficient (Wildman–Crippen LogP) is -0.364. The van der Waals surface area contributed by atoms with E-state index in [1.807, 2.05) is 0 Å². The molecule has 5 heteroatoms. The van der Waals surface area contributed by atoms with Crippen LogP contribution >= 0.6 is 0 Å². The Morgan fingerprint density at radius 2 is 1.62 bits per heavy atom. The van der Waals surface area contributed by atoms with Crippen LogP contribution < -0.4 is 0 Å². The van der Waals surface area contributed by atoms with Crippen LogP contribution in [0, 0.1) is 0 Å². The number of aliphatic hydroxyl groups is 2. The van der Waals surface area contributed by atoms with Gasteiger partial charge in [0.2, 0.25) is 0 Å². The number of β-amino-alcohol motifs (C(OH)–C–C–N with tert-alkyl or cyclic N) is 1. The fourth-order valence-corrected chi connectivity index (χ4v) is 1.67. The number of benzene rings is 1. The molecule has 0 aromatic heterocycles. The molecule has 1 aromatic carbocycles. The van der Waals surface area contributed by atoms with Crippen molar-refractivity contribution in [3.05, 3.63) is 35.4 Å². The van der Waals surface area contributed by atoms with Gasteiger partial charge in [-0.05, 0) is 12.1 Å². The standard InChI is InChI=1S/C11H11NO4/c13-6-7(14)5-12-10(15)8-3-1-2-4-9(8)11(12)16/h1-4,7,13-14H,5-6H2/t7-/m0/s1. The number of hydrogen-bond acceptors (Lipinski definition) is 4. The zero-order valence-corrected chi connectivity index (χ0v) is 8.46. The van der Waals surface area contributed by atoms with Crippen molar-refractivity contribution in [1.82, 2.24) is 4.90 Å². The SMILES string of the molecule is O=C1c2ccccc2C(=O)N1C[C@H](O)CO. The monoisotopic (exact) mass is 221 g/mol. The highest BCUT2D eigenvalue weighted by Gasteiger charge is 2.35. The molecule has 0 unspecified atom stereocenters. The molecule has 1 heterocycles. The van der Waals surface area contributed by atoms with Crippen LogP contribution in [0.25, 0.3) is 0 Å². The summed E-state index contributed by atoms with van der Waals surface area (Å²) < 4.78 is 0. The topological polar surface area (TPSA) is 77.8 Å². The van der Waals surface area contributed by atoms with E-state index < -0.39 is 24.5 Å². The van der Waals surface area contributed by atoms with Gasteiger partial charge in [0.05, 0.1) is 30.4 Å². The van der Waals surface area contributed by atoms with Gasteiger partial charge >= 0.3 is 0 Å². The van der Waals surface area contributed by atoms with Crippen molar-refractivity contribution in [2.75, 3.05) is 13.2 Å². The molecule has 0 radical (unpaired) electrons. The van der Waals surface area contributed by atoms with Crippen molar-refractivity contribution >= 4 is 11.8 Å². The quantitative estimate of drug-likeness (QED) is 0.683. The number of aliphatic hydroxyl groups excluding tert-OH is 2. The van der Waals surface area contributed by atoms with E-state index in [4.69, 9.17) is 5.11 Å². The minimum atomic E-state index is -1.10. The van der Waals surface area contributed by atoms with E-state index in [1.54, 1.807) is 24.3 Å². The summed E-state index contributed by atoms with van der Waals surface area (Å²) >= 11 is 0. The Morgan fingerprint density at radius 3 is 2.06 bits per heavy atom. The number of carbonyl (C=O) groups is 2. The fourth-order valence-electron chi connectivity index (χ4n) is 1.67. The molecule has 0 bridgehead atoms. The lowest BCUT2D eigenvalue weighted by Crippen LogP contribution is -2.38. The van der Waals surface area contributed by atoms with Gasteiger partial charge < -0.3 is 10.2 Å². The van der Waals surface area contributed by atoms with Crippen molar-refractivity contribution in [3.8, 4) is 0 Å². The van der Waals surface area contributed by atoms with E-state index in [0.29, 0.717) is 11.1 Å². The maximum absolute atomic E-state index is 11.8. The molecule has 2 amide bonds. The van der Waals surface area contributed by atoms with Crippen molar-refractivity contribution in [3.63, 3.8) is 0 Å². The highest BCUT2D eigenvalue weighted by atomic mass is 16.3. The zero-order valence-electron chi connectivity index (χ0n) is 8.46. The average Bonchev–Trinajstić information content (AvgIpc) is 2.55. The van der Waals surface area contributed by atoms with Gasteiger partial charge in [-0.25, -0.2) is 0 Å². The van der Waals surface area contributed by atoms with Gasteiger partial charge in [-0.2, -0.15) is 0 Å². The molecule has 1 aromatic rings. The van der Waals surface area contributed by atoms with Crippen LogP contribution in [0.1, 0.15) is 20.7 Å². The lowest BCUT2D eigenvalue weighted by atomic mass is 10.1. The van der Waals surface area contributed by atoms with Crippen LogP contribution in [0.5, 0.6) is 0 Å². The van der Waals surface area contributed by atoms with Crippen molar-refractivity contribution in [2.24, 2.45) is 0 Å². The molecule has 5 nitrogen and oxygen atoms in total. The van der Waals surface area contributed by atoms with E-state index in [2.05, 4.69) is 0 Å². The van der Waals surface area contributed by atoms with Crippen molar-refractivity contribution in [2.45, 2.75) is 6.10 Å². The first-order valence-corrected chi connectivity index (χ1v) is 4.89. The lowest BCUT2D eigenvalue weighted by Gasteiger charge is -2.16. The Labute approximate surface area is 91.9 Å². The molecule has 2 N–H and O–H groups in total. The fraction of sp³-hybridized carbons (Fsp3) is 0.273. The van der Waals surface area contributed by atoms with E-state index in [0.717, 1.165) is 4.90 Å². The lowest BCUT2D eigenvalue weighted by molar-refractivity contribution is 0.0426. The molecule has 0 fully saturated rings. The molecule has 1 aliphatic heterocycles. The Balaban J connectivity index is 2.28. The van der Waals surface area contributed by atoms with Gasteiger partial charge in [0.1, 0.15) is 0 Å². The minimum Gasteiger partial charge on any atom is -0.394 e. The molecule has 1 aliphatic rings. The number of imide groups is 1. The molecule has 2 rings (SSSR count). The van der Waals surface area contributed by atoms with E-state index in [1.165, 1.54) is 0 Å². The predicted molar refractivity (Wildman–Crippen MR) is 54.9 cm³/mol. The summed E-state index contributed by atoms with van der Waals surface area (Å²) in [6.07, 6.45) is -1.10. The normalized spacial score (nSPS) is 16.5. The number of hydrogen-bond donors (Lipinski definition) is 2. The second kappa shape index (κ2) is 4.03. The Kier molecular flexibility index (Phi) is 2.72. The summed E-state index contributed by atoms with van der Waals surface area (Å²) in [6, 6.07) is 6.49. The van der Waals surface area contributed by atoms with Gasteiger partial charge in [-0.15, -0.1) is 0 Å². The number of amides is 2. The van der Waals surface area contributed by atoms with Crippen molar-refractivity contribution in [1.29, 1.82) is 0 Å².